The Bertz CT molecular complexity index is 1130. The number of anilines is 2. The van der Waals surface area contributed by atoms with Crippen molar-refractivity contribution in [2.24, 2.45) is 5.73 Å². The van der Waals surface area contributed by atoms with E-state index in [1.165, 1.54) is 30.3 Å². The molecule has 1 saturated heterocycles. The molecule has 2 aromatic carbocycles. The maximum atomic E-state index is 13.1. The summed E-state index contributed by atoms with van der Waals surface area (Å²) in [6.07, 6.45) is 1.84. The molecule has 33 heavy (non-hydrogen) atoms. The zero-order valence-corrected chi connectivity index (χ0v) is 21.5. The number of likely N-dealkylation sites (tertiary alicyclic amines) is 1. The fourth-order valence-corrected chi connectivity index (χ4v) is 5.90. The Morgan fingerprint density at radius 1 is 1.21 bits per heavy atom. The van der Waals surface area contributed by atoms with Gasteiger partial charge in [-0.05, 0) is 50.2 Å². The number of aromatic hydroxyl groups is 1. The van der Waals surface area contributed by atoms with Gasteiger partial charge in [0.25, 0.3) is 0 Å². The molecule has 0 aromatic heterocycles. The van der Waals surface area contributed by atoms with E-state index >= 15 is 0 Å². The van der Waals surface area contributed by atoms with Crippen LogP contribution in [0.2, 0.25) is 15.1 Å². The molecule has 2 aromatic rings. The van der Waals surface area contributed by atoms with Gasteiger partial charge in [0.15, 0.2) is 5.75 Å². The van der Waals surface area contributed by atoms with Crippen molar-refractivity contribution in [3.05, 3.63) is 45.4 Å². The monoisotopic (exact) mass is 556 g/mol. The Balaban J connectivity index is 0.00000385. The lowest BCUT2D eigenvalue weighted by Crippen LogP contribution is -2.40. The summed E-state index contributed by atoms with van der Waals surface area (Å²) in [5.74, 6) is -0.737. The first-order valence-corrected chi connectivity index (χ1v) is 12.5. The molecule has 0 spiro atoms. The van der Waals surface area contributed by atoms with Crippen molar-refractivity contribution >= 4 is 74.6 Å². The van der Waals surface area contributed by atoms with Gasteiger partial charge in [-0.15, -0.1) is 12.4 Å². The second-order valence-electron chi connectivity index (χ2n) is 7.27. The van der Waals surface area contributed by atoms with Crippen molar-refractivity contribution in [2.75, 3.05) is 24.5 Å². The smallest absolute Gasteiger partial charge is 0.324 e. The summed E-state index contributed by atoms with van der Waals surface area (Å²) in [5.41, 5.74) is 5.40. The largest absolute Gasteiger partial charge is 0.504 e. The molecule has 8 nitrogen and oxygen atoms in total. The van der Waals surface area contributed by atoms with Crippen LogP contribution in [0.15, 0.2) is 35.2 Å². The number of benzene rings is 2. The summed E-state index contributed by atoms with van der Waals surface area (Å²) in [7, 11) is -4.22. The third-order valence-corrected chi connectivity index (χ3v) is 8.11. The summed E-state index contributed by atoms with van der Waals surface area (Å²) >= 11 is 18.4. The van der Waals surface area contributed by atoms with Crippen LogP contribution in [0.4, 0.5) is 16.2 Å². The quantitative estimate of drug-likeness (QED) is 0.454. The Morgan fingerprint density at radius 2 is 1.91 bits per heavy atom. The highest BCUT2D eigenvalue weighted by Gasteiger charge is 2.31. The molecule has 0 bridgehead atoms. The lowest BCUT2D eigenvalue weighted by Gasteiger charge is -2.25. The Hall–Kier alpha value is -1.46. The molecular formula is C20H24Cl4N4O4S. The molecule has 1 aliphatic rings. The minimum absolute atomic E-state index is 0. The fraction of sp³-hybridized carbons (Fsp3) is 0.350. The van der Waals surface area contributed by atoms with E-state index in [0.29, 0.717) is 0 Å². The molecule has 1 heterocycles. The van der Waals surface area contributed by atoms with Gasteiger partial charge in [-0.2, -0.15) is 0 Å². The van der Waals surface area contributed by atoms with E-state index in [1.807, 2.05) is 6.92 Å². The van der Waals surface area contributed by atoms with Crippen molar-refractivity contribution in [2.45, 2.75) is 30.7 Å². The lowest BCUT2D eigenvalue weighted by atomic mass is 10.2. The molecule has 2 amide bonds. The summed E-state index contributed by atoms with van der Waals surface area (Å²) < 4.78 is 28.7. The minimum atomic E-state index is -4.22. The molecule has 0 radical (unpaired) electrons. The number of carbonyl (C=O) groups is 1. The summed E-state index contributed by atoms with van der Waals surface area (Å²) in [5, 5.41) is 10.8. The number of sulfonamides is 1. The van der Waals surface area contributed by atoms with Gasteiger partial charge in [-0.1, -0.05) is 47.8 Å². The van der Waals surface area contributed by atoms with Gasteiger partial charge < -0.3 is 10.8 Å². The number of primary amides is 1. The average Bonchev–Trinajstić information content (AvgIpc) is 3.19. The topological polar surface area (TPSA) is 116 Å². The zero-order chi connectivity index (χ0) is 23.6. The summed E-state index contributed by atoms with van der Waals surface area (Å²) in [6.45, 7) is 3.88. The number of rotatable bonds is 7. The predicted molar refractivity (Wildman–Crippen MR) is 134 cm³/mol. The van der Waals surface area contributed by atoms with E-state index in [9.17, 15) is 18.3 Å². The van der Waals surface area contributed by atoms with Crippen LogP contribution in [0.25, 0.3) is 0 Å². The Morgan fingerprint density at radius 3 is 2.55 bits per heavy atom. The van der Waals surface area contributed by atoms with Crippen LogP contribution in [0.5, 0.6) is 5.75 Å². The number of phenols is 1. The van der Waals surface area contributed by atoms with Gasteiger partial charge in [0.2, 0.25) is 10.0 Å². The van der Waals surface area contributed by atoms with Gasteiger partial charge in [-0.3, -0.25) is 9.80 Å². The SMILES string of the molecule is CCN1CCCC1CNS(=O)(=O)c1c(Cl)ccc(N(C(N)=O)c2cccc(Cl)c2Cl)c1O.Cl. The number of nitrogens with two attached hydrogens (primary N) is 1. The van der Waals surface area contributed by atoms with Gasteiger partial charge >= 0.3 is 6.03 Å². The zero-order valence-electron chi connectivity index (χ0n) is 17.6. The first kappa shape index (κ1) is 27.8. The van der Waals surface area contributed by atoms with Crippen LogP contribution < -0.4 is 15.4 Å². The minimum Gasteiger partial charge on any atom is -0.504 e. The van der Waals surface area contributed by atoms with Crippen LogP contribution in [0.1, 0.15) is 19.8 Å². The number of halogens is 4. The number of carbonyl (C=O) groups excluding carboxylic acids is 1. The molecule has 3 rings (SSSR count). The van der Waals surface area contributed by atoms with Crippen LogP contribution >= 0.6 is 47.2 Å². The number of hydrogen-bond acceptors (Lipinski definition) is 5. The number of likely N-dealkylation sites (N-methyl/N-ethyl adjacent to an activating group) is 1. The highest BCUT2D eigenvalue weighted by molar-refractivity contribution is 7.89. The van der Waals surface area contributed by atoms with E-state index in [1.54, 1.807) is 0 Å². The number of nitrogens with one attached hydrogen (secondary N) is 1. The maximum Gasteiger partial charge on any atom is 0.324 e. The highest BCUT2D eigenvalue weighted by atomic mass is 35.5. The first-order chi connectivity index (χ1) is 15.1. The van der Waals surface area contributed by atoms with E-state index < -0.39 is 26.7 Å². The summed E-state index contributed by atoms with van der Waals surface area (Å²) in [4.78, 5) is 14.8. The molecule has 1 aliphatic heterocycles. The van der Waals surface area contributed by atoms with Crippen molar-refractivity contribution in [3.63, 3.8) is 0 Å². The predicted octanol–water partition coefficient (Wildman–Crippen LogP) is 4.75. The van der Waals surface area contributed by atoms with E-state index in [-0.39, 0.29) is 51.4 Å². The molecule has 4 N–H and O–H groups in total. The fourth-order valence-electron chi connectivity index (χ4n) is 3.83. The Kier molecular flexibility index (Phi) is 9.52. The molecule has 13 heteroatoms. The second kappa shape index (κ2) is 11.3. The number of amides is 2. The van der Waals surface area contributed by atoms with Crippen molar-refractivity contribution in [3.8, 4) is 5.75 Å². The van der Waals surface area contributed by atoms with Crippen LogP contribution in [0.3, 0.4) is 0 Å². The van der Waals surface area contributed by atoms with Crippen molar-refractivity contribution in [1.82, 2.24) is 9.62 Å². The number of nitrogens with zero attached hydrogens (tertiary/aromatic N) is 2. The van der Waals surface area contributed by atoms with Gasteiger partial charge in [-0.25, -0.2) is 17.9 Å². The van der Waals surface area contributed by atoms with Crippen molar-refractivity contribution in [1.29, 1.82) is 0 Å². The van der Waals surface area contributed by atoms with Crippen LogP contribution in [-0.4, -0.2) is 50.1 Å². The average molecular weight is 558 g/mol. The molecule has 0 aliphatic carbocycles. The summed E-state index contributed by atoms with van der Waals surface area (Å²) in [6, 6.07) is 6.07. The van der Waals surface area contributed by atoms with Gasteiger partial charge in [0.05, 0.1) is 26.4 Å². The lowest BCUT2D eigenvalue weighted by molar-refractivity contribution is 0.256. The van der Waals surface area contributed by atoms with E-state index in [0.717, 1.165) is 30.8 Å². The molecular weight excluding hydrogens is 534 g/mol. The Labute approximate surface area is 214 Å². The molecule has 0 saturated carbocycles. The molecule has 1 unspecified atom stereocenters. The number of hydrogen-bond donors (Lipinski definition) is 3. The van der Waals surface area contributed by atoms with Crippen LogP contribution in [-0.2, 0) is 10.0 Å². The molecule has 1 atom stereocenters. The normalized spacial score (nSPS) is 16.4. The van der Waals surface area contributed by atoms with E-state index in [2.05, 4.69) is 9.62 Å². The second-order valence-corrected chi connectivity index (χ2v) is 10.2. The number of urea groups is 1. The molecule has 1 fully saturated rings. The van der Waals surface area contributed by atoms with Crippen molar-refractivity contribution < 1.29 is 18.3 Å². The van der Waals surface area contributed by atoms with Gasteiger partial charge in [0, 0.05) is 12.6 Å². The third-order valence-electron chi connectivity index (χ3n) is 5.38. The molecule has 182 valence electrons. The maximum absolute atomic E-state index is 13.1. The van der Waals surface area contributed by atoms with Crippen LogP contribution in [0, 0.1) is 0 Å². The van der Waals surface area contributed by atoms with Gasteiger partial charge in [0.1, 0.15) is 4.90 Å². The standard InChI is InChI=1S/C20H23Cl3N4O4S.ClH/c1-2-26-10-4-5-12(26)11-25-32(30,31)19-14(22)8-9-16(18(19)28)27(20(24)29)15-7-3-6-13(21)17(15)23;/h3,6-9,12,25,28H,2,4-5,10-11H2,1H3,(H2,24,29);1H. The van der Waals surface area contributed by atoms with E-state index in [4.69, 9.17) is 40.5 Å². The first-order valence-electron chi connectivity index (χ1n) is 9.87. The number of phenolic OH excluding ortho intramolecular Hbond substituents is 1. The third kappa shape index (κ3) is 5.79. The highest BCUT2D eigenvalue weighted by Crippen LogP contribution is 2.44.